The molecule has 0 aromatic rings. The molecule has 26 heavy (non-hydrogen) atoms. The van der Waals surface area contributed by atoms with Gasteiger partial charge < -0.3 is 9.80 Å². The molecular weight excluding hydrogens is 360 g/mol. The molecule has 0 bridgehead atoms. The monoisotopic (exact) mass is 390 g/mol. The maximum atomic E-state index is 2.40. The van der Waals surface area contributed by atoms with Crippen molar-refractivity contribution in [3.05, 3.63) is 46.5 Å². The van der Waals surface area contributed by atoms with Crippen LogP contribution in [0.3, 0.4) is 0 Å². The molecule has 0 amide bonds. The van der Waals surface area contributed by atoms with Crippen LogP contribution < -0.4 is 0 Å². The summed E-state index contributed by atoms with van der Waals surface area (Å²) in [5.74, 6) is 2.42. The van der Waals surface area contributed by atoms with E-state index in [1.54, 1.807) is 0 Å². The summed E-state index contributed by atoms with van der Waals surface area (Å²) < 4.78 is 4.81. The third kappa shape index (κ3) is 5.81. The Bertz CT molecular complexity index is 603. The van der Waals surface area contributed by atoms with E-state index < -0.39 is 0 Å². The van der Waals surface area contributed by atoms with Gasteiger partial charge in [0.1, 0.15) is 0 Å². The van der Waals surface area contributed by atoms with E-state index in [1.165, 1.54) is 21.6 Å². The molecule has 0 aromatic carbocycles. The van der Waals surface area contributed by atoms with E-state index in [0.29, 0.717) is 0 Å². The van der Waals surface area contributed by atoms with Crippen molar-refractivity contribution in [2.24, 2.45) is 0 Å². The second kappa shape index (κ2) is 10.1. The average Bonchev–Trinajstić information content (AvgIpc) is 3.25. The van der Waals surface area contributed by atoms with Gasteiger partial charge in [0.15, 0.2) is 12.4 Å². The molecule has 3 aliphatic heterocycles. The van der Waals surface area contributed by atoms with Gasteiger partial charge >= 0.3 is 0 Å². The Morgan fingerprint density at radius 1 is 0.692 bits per heavy atom. The Labute approximate surface area is 166 Å². The van der Waals surface area contributed by atoms with Crippen molar-refractivity contribution >= 4 is 36.0 Å². The lowest BCUT2D eigenvalue weighted by Gasteiger charge is -2.10. The quantitative estimate of drug-likeness (QED) is 0.683. The topological polar surface area (TPSA) is 12.5 Å². The van der Waals surface area contributed by atoms with Crippen LogP contribution in [-0.4, -0.2) is 96.2 Å². The third-order valence-electron chi connectivity index (χ3n) is 4.75. The van der Waals surface area contributed by atoms with Gasteiger partial charge in [0.2, 0.25) is 26.2 Å². The highest BCUT2D eigenvalue weighted by Crippen LogP contribution is 2.26. The van der Waals surface area contributed by atoms with Crippen molar-refractivity contribution in [2.45, 2.75) is 0 Å². The molecule has 3 fully saturated rings. The summed E-state index contributed by atoms with van der Waals surface area (Å²) in [5, 5.41) is 2.75. The summed E-state index contributed by atoms with van der Waals surface area (Å²) in [6, 6.07) is 0. The van der Waals surface area contributed by atoms with Crippen LogP contribution in [0.25, 0.3) is 0 Å². The van der Waals surface area contributed by atoms with E-state index in [-0.39, 0.29) is 0 Å². The van der Waals surface area contributed by atoms with E-state index in [9.17, 15) is 0 Å². The molecule has 0 radical (unpaired) electrons. The molecule has 0 N–H and O–H groups in total. The molecule has 3 heterocycles. The molecule has 6 heteroatoms. The molecule has 140 valence electrons. The minimum Gasteiger partial charge on any atom is -0.369 e. The largest absolute Gasteiger partial charge is 0.369 e. The lowest BCUT2D eigenvalue weighted by atomic mass is 10.3. The van der Waals surface area contributed by atoms with Crippen molar-refractivity contribution in [3.8, 4) is 0 Å². The molecule has 0 atom stereocenters. The molecule has 4 nitrogen and oxygen atoms in total. The number of hydrogen-bond donors (Lipinski definition) is 0. The fourth-order valence-electron chi connectivity index (χ4n) is 3.02. The normalized spacial score (nSPS) is 24.8. The van der Waals surface area contributed by atoms with Crippen LogP contribution in [0.1, 0.15) is 0 Å². The van der Waals surface area contributed by atoms with Crippen molar-refractivity contribution in [2.75, 3.05) is 64.9 Å². The Balaban J connectivity index is 1.43. The van der Waals surface area contributed by atoms with Gasteiger partial charge in [-0.05, 0) is 12.2 Å². The summed E-state index contributed by atoms with van der Waals surface area (Å²) in [6.07, 6.45) is 17.5. The standard InChI is InChI=1S/C20H30N4S2/c1-21-15-17-25-19(21)7-3-5-9-23-11-13-24(14-12-23)10-6-4-8-20-22(2)16-18-26-20/h3-10H,11-18H2,1-2H3/q+2. The minimum atomic E-state index is 1.08. The molecule has 3 saturated heterocycles. The van der Waals surface area contributed by atoms with Gasteiger partial charge in [0, 0.05) is 50.8 Å². The number of allylic oxidation sites excluding steroid dienone is 6. The Morgan fingerprint density at radius 3 is 1.46 bits per heavy atom. The average molecular weight is 391 g/mol. The molecule has 0 spiro atoms. The fraction of sp³-hybridized carbons (Fsp3) is 0.500. The van der Waals surface area contributed by atoms with Crippen molar-refractivity contribution in [1.82, 2.24) is 9.80 Å². The smallest absolute Gasteiger partial charge is 0.201 e. The lowest BCUT2D eigenvalue weighted by molar-refractivity contribution is -0.660. The highest BCUT2D eigenvalue weighted by Gasteiger charge is 2.18. The summed E-state index contributed by atoms with van der Waals surface area (Å²) in [7, 11) is 4.32. The van der Waals surface area contributed by atoms with Gasteiger partial charge in [-0.1, -0.05) is 12.2 Å². The molecule has 0 unspecified atom stereocenters. The summed E-state index contributed by atoms with van der Waals surface area (Å²) in [6.45, 7) is 6.65. The first kappa shape index (κ1) is 19.4. The van der Waals surface area contributed by atoms with Crippen molar-refractivity contribution in [1.29, 1.82) is 0 Å². The molecule has 3 aliphatic rings. The molecule has 0 aliphatic carbocycles. The maximum absolute atomic E-state index is 2.40. The minimum absolute atomic E-state index is 1.08. The van der Waals surface area contributed by atoms with Gasteiger partial charge in [-0.2, -0.15) is 0 Å². The first-order chi connectivity index (χ1) is 12.7. The number of piperazine rings is 1. The predicted molar refractivity (Wildman–Crippen MR) is 117 cm³/mol. The van der Waals surface area contributed by atoms with E-state index in [4.69, 9.17) is 0 Å². The molecular formula is C20H30N4S2+2. The van der Waals surface area contributed by atoms with Gasteiger partial charge in [-0.3, -0.25) is 0 Å². The summed E-state index contributed by atoms with van der Waals surface area (Å²) in [4.78, 5) is 4.63. The van der Waals surface area contributed by atoms with Crippen LogP contribution >= 0.6 is 23.5 Å². The highest BCUT2D eigenvalue weighted by atomic mass is 32.2. The Morgan fingerprint density at radius 2 is 1.12 bits per heavy atom. The second-order valence-electron chi connectivity index (χ2n) is 6.69. The van der Waals surface area contributed by atoms with Crippen LogP contribution in [-0.2, 0) is 0 Å². The molecule has 3 rings (SSSR count). The van der Waals surface area contributed by atoms with Gasteiger partial charge in [-0.25, -0.2) is 9.15 Å². The zero-order valence-electron chi connectivity index (χ0n) is 15.9. The number of thioether (sulfide) groups is 2. The zero-order chi connectivity index (χ0) is 18.2. The first-order valence-electron chi connectivity index (χ1n) is 9.32. The SMILES string of the molecule is CN1CCSC1=CC=CC=[N+]1CC[N+](=CC=CC=C2SCCN2C)CC1. The third-order valence-corrected chi connectivity index (χ3v) is 7.01. The lowest BCUT2D eigenvalue weighted by Crippen LogP contribution is -2.36. The molecule has 0 aromatic heterocycles. The van der Waals surface area contributed by atoms with Crippen molar-refractivity contribution in [3.63, 3.8) is 0 Å². The van der Waals surface area contributed by atoms with Gasteiger partial charge in [-0.15, -0.1) is 23.5 Å². The number of hydrogen-bond acceptors (Lipinski definition) is 4. The first-order valence-corrected chi connectivity index (χ1v) is 11.3. The summed E-state index contributed by atoms with van der Waals surface area (Å²) >= 11 is 3.87. The van der Waals surface area contributed by atoms with E-state index in [2.05, 4.69) is 81.9 Å². The van der Waals surface area contributed by atoms with Crippen LogP contribution in [0.15, 0.2) is 46.5 Å². The van der Waals surface area contributed by atoms with Crippen LogP contribution in [0.5, 0.6) is 0 Å². The maximum Gasteiger partial charge on any atom is 0.201 e. The van der Waals surface area contributed by atoms with Crippen LogP contribution in [0, 0.1) is 0 Å². The Hall–Kier alpha value is -1.40. The number of nitrogens with zero attached hydrogens (tertiary/aromatic N) is 4. The fourth-order valence-corrected chi connectivity index (χ4v) is 5.14. The second-order valence-corrected chi connectivity index (χ2v) is 8.92. The zero-order valence-corrected chi connectivity index (χ0v) is 17.5. The van der Waals surface area contributed by atoms with E-state index in [1.807, 2.05) is 23.5 Å². The van der Waals surface area contributed by atoms with E-state index >= 15 is 0 Å². The summed E-state index contributed by atoms with van der Waals surface area (Å²) in [5.41, 5.74) is 0. The van der Waals surface area contributed by atoms with Crippen LogP contribution in [0.4, 0.5) is 0 Å². The number of rotatable bonds is 4. The molecule has 0 saturated carbocycles. The van der Waals surface area contributed by atoms with E-state index in [0.717, 1.165) is 39.3 Å². The highest BCUT2D eigenvalue weighted by molar-refractivity contribution is 8.03. The Kier molecular flexibility index (Phi) is 7.50. The van der Waals surface area contributed by atoms with Gasteiger partial charge in [0.25, 0.3) is 0 Å². The van der Waals surface area contributed by atoms with Crippen molar-refractivity contribution < 1.29 is 9.15 Å². The van der Waals surface area contributed by atoms with Gasteiger partial charge in [0.05, 0.1) is 10.1 Å². The predicted octanol–water partition coefficient (Wildman–Crippen LogP) is 2.32. The van der Waals surface area contributed by atoms with Crippen LogP contribution in [0.2, 0.25) is 0 Å².